The van der Waals surface area contributed by atoms with Gasteiger partial charge in [-0.3, -0.25) is 4.79 Å². The van der Waals surface area contributed by atoms with E-state index in [4.69, 9.17) is 0 Å². The van der Waals surface area contributed by atoms with Crippen molar-refractivity contribution >= 4 is 22.2 Å². The summed E-state index contributed by atoms with van der Waals surface area (Å²) in [6, 6.07) is 22.9. The number of carbonyl (C=O) groups is 1. The van der Waals surface area contributed by atoms with Crippen LogP contribution in [0.3, 0.4) is 0 Å². The van der Waals surface area contributed by atoms with E-state index in [1.54, 1.807) is 11.3 Å². The van der Waals surface area contributed by atoms with Gasteiger partial charge in [0.2, 0.25) is 5.91 Å². The number of carbonyl (C=O) groups excluding carboxylic acids is 1. The normalized spacial score (nSPS) is 12.9. The number of nitrogens with one attached hydrogen (secondary N) is 2. The molecular formula is C25H25N3OS. The summed E-state index contributed by atoms with van der Waals surface area (Å²) in [5.41, 5.74) is 4.15. The molecule has 0 radical (unpaired) electrons. The van der Waals surface area contributed by atoms with Crippen LogP contribution in [0, 0.1) is 11.3 Å². The van der Waals surface area contributed by atoms with Crippen LogP contribution < -0.4 is 10.6 Å². The van der Waals surface area contributed by atoms with Gasteiger partial charge in [0, 0.05) is 17.8 Å². The smallest absolute Gasteiger partial charge is 0.226 e. The minimum atomic E-state index is -0.0579. The summed E-state index contributed by atoms with van der Waals surface area (Å²) in [5.74, 6) is -0.0579. The molecule has 5 heteroatoms. The Kier molecular flexibility index (Phi) is 6.58. The van der Waals surface area contributed by atoms with Crippen molar-refractivity contribution in [2.24, 2.45) is 0 Å². The average molecular weight is 416 g/mol. The standard InChI is InChI=1S/C25H25N3OS/c26-17-21-20-13-7-8-14-22(20)30-25(21)28-23(29)15-16-27-24(18-9-3-1-4-10-18)19-11-5-2-6-12-19/h1-6,9-12,24,27H,7-8,13-16H2,(H,28,29). The highest BCUT2D eigenvalue weighted by molar-refractivity contribution is 7.16. The van der Waals surface area contributed by atoms with E-state index >= 15 is 0 Å². The third-order valence-corrected chi connectivity index (χ3v) is 6.71. The number of thiophene rings is 1. The van der Waals surface area contributed by atoms with Gasteiger partial charge in [-0.1, -0.05) is 60.7 Å². The first-order valence-corrected chi connectivity index (χ1v) is 11.3. The van der Waals surface area contributed by atoms with Crippen LogP contribution in [-0.4, -0.2) is 12.5 Å². The van der Waals surface area contributed by atoms with Crippen LogP contribution in [0.25, 0.3) is 0 Å². The number of hydrogen-bond acceptors (Lipinski definition) is 4. The van der Waals surface area contributed by atoms with Crippen LogP contribution in [0.1, 0.15) is 52.4 Å². The lowest BCUT2D eigenvalue weighted by molar-refractivity contribution is -0.116. The van der Waals surface area contributed by atoms with Gasteiger partial charge in [0.05, 0.1) is 11.6 Å². The Morgan fingerprint density at radius 1 is 1.00 bits per heavy atom. The average Bonchev–Trinajstić information content (AvgIpc) is 3.14. The topological polar surface area (TPSA) is 64.9 Å². The number of aryl methyl sites for hydroxylation is 1. The fourth-order valence-electron chi connectivity index (χ4n) is 4.01. The number of nitrogens with zero attached hydrogens (tertiary/aromatic N) is 1. The van der Waals surface area contributed by atoms with Crippen molar-refractivity contribution in [3.63, 3.8) is 0 Å². The molecule has 0 aliphatic heterocycles. The SMILES string of the molecule is N#Cc1c(NC(=O)CCNC(c2ccccc2)c2ccccc2)sc2c1CCCC2. The highest BCUT2D eigenvalue weighted by Gasteiger charge is 2.22. The van der Waals surface area contributed by atoms with Crippen molar-refractivity contribution in [2.75, 3.05) is 11.9 Å². The summed E-state index contributed by atoms with van der Waals surface area (Å²) in [4.78, 5) is 13.9. The first-order chi connectivity index (χ1) is 14.8. The number of rotatable bonds is 7. The molecule has 1 amide bonds. The number of anilines is 1. The Morgan fingerprint density at radius 2 is 1.63 bits per heavy atom. The molecule has 1 heterocycles. The van der Waals surface area contributed by atoms with E-state index in [9.17, 15) is 10.1 Å². The zero-order valence-electron chi connectivity index (χ0n) is 16.9. The molecule has 0 spiro atoms. The summed E-state index contributed by atoms with van der Waals surface area (Å²) in [5, 5.41) is 16.8. The van der Waals surface area contributed by atoms with Crippen LogP contribution in [0.15, 0.2) is 60.7 Å². The van der Waals surface area contributed by atoms with Crippen molar-refractivity contribution in [3.05, 3.63) is 87.8 Å². The molecule has 0 unspecified atom stereocenters. The van der Waals surface area contributed by atoms with E-state index in [1.165, 1.54) is 16.0 Å². The van der Waals surface area contributed by atoms with Crippen LogP contribution in [0.2, 0.25) is 0 Å². The second-order valence-corrected chi connectivity index (χ2v) is 8.64. The van der Waals surface area contributed by atoms with Gasteiger partial charge in [0.25, 0.3) is 0 Å². The molecule has 0 saturated heterocycles. The van der Waals surface area contributed by atoms with E-state index in [0.29, 0.717) is 18.5 Å². The minimum absolute atomic E-state index is 0.0314. The summed E-state index contributed by atoms with van der Waals surface area (Å²) in [7, 11) is 0. The Bertz CT molecular complexity index is 998. The maximum absolute atomic E-state index is 12.6. The highest BCUT2D eigenvalue weighted by atomic mass is 32.1. The molecule has 0 saturated carbocycles. The van der Waals surface area contributed by atoms with Gasteiger partial charge in [-0.05, 0) is 42.4 Å². The summed E-state index contributed by atoms with van der Waals surface area (Å²) in [6.07, 6.45) is 4.60. The number of nitriles is 1. The van der Waals surface area contributed by atoms with Crippen LogP contribution >= 0.6 is 11.3 Å². The molecule has 4 rings (SSSR count). The summed E-state index contributed by atoms with van der Waals surface area (Å²) in [6.45, 7) is 0.549. The largest absolute Gasteiger partial charge is 0.317 e. The van der Waals surface area contributed by atoms with E-state index in [-0.39, 0.29) is 11.9 Å². The Labute approximate surface area is 181 Å². The maximum atomic E-state index is 12.6. The van der Waals surface area contributed by atoms with Gasteiger partial charge < -0.3 is 10.6 Å². The third kappa shape index (κ3) is 4.62. The number of benzene rings is 2. The molecule has 30 heavy (non-hydrogen) atoms. The Hall–Kier alpha value is -2.94. The van der Waals surface area contributed by atoms with Crippen LogP contribution in [-0.2, 0) is 17.6 Å². The number of fused-ring (bicyclic) bond motifs is 1. The Balaban J connectivity index is 1.40. The van der Waals surface area contributed by atoms with Crippen LogP contribution in [0.5, 0.6) is 0 Å². The zero-order chi connectivity index (χ0) is 20.8. The van der Waals surface area contributed by atoms with Crippen molar-refractivity contribution < 1.29 is 4.79 Å². The summed E-state index contributed by atoms with van der Waals surface area (Å²) >= 11 is 1.57. The van der Waals surface area contributed by atoms with E-state index in [0.717, 1.165) is 36.2 Å². The molecule has 2 aromatic carbocycles. The quantitative estimate of drug-likeness (QED) is 0.557. The third-order valence-electron chi connectivity index (χ3n) is 5.50. The van der Waals surface area contributed by atoms with Gasteiger partial charge in [0.1, 0.15) is 11.1 Å². The molecule has 152 valence electrons. The molecule has 3 aromatic rings. The Morgan fingerprint density at radius 3 is 2.27 bits per heavy atom. The highest BCUT2D eigenvalue weighted by Crippen LogP contribution is 2.37. The lowest BCUT2D eigenvalue weighted by Crippen LogP contribution is -2.26. The lowest BCUT2D eigenvalue weighted by Gasteiger charge is -2.19. The monoisotopic (exact) mass is 415 g/mol. The predicted octanol–water partition coefficient (Wildman–Crippen LogP) is 5.21. The predicted molar refractivity (Wildman–Crippen MR) is 122 cm³/mol. The second kappa shape index (κ2) is 9.71. The molecule has 1 aliphatic carbocycles. The van der Waals surface area contributed by atoms with E-state index in [1.807, 2.05) is 36.4 Å². The van der Waals surface area contributed by atoms with Crippen LogP contribution in [0.4, 0.5) is 5.00 Å². The van der Waals surface area contributed by atoms with Crippen molar-refractivity contribution in [1.29, 1.82) is 5.26 Å². The lowest BCUT2D eigenvalue weighted by atomic mass is 9.96. The van der Waals surface area contributed by atoms with Crippen molar-refractivity contribution in [2.45, 2.75) is 38.1 Å². The molecule has 1 aliphatic rings. The van der Waals surface area contributed by atoms with Gasteiger partial charge in [0.15, 0.2) is 0 Å². The maximum Gasteiger partial charge on any atom is 0.226 e. The molecule has 0 fully saturated rings. The van der Waals surface area contributed by atoms with Gasteiger partial charge in [-0.25, -0.2) is 0 Å². The van der Waals surface area contributed by atoms with Crippen molar-refractivity contribution in [3.8, 4) is 6.07 Å². The first-order valence-electron chi connectivity index (χ1n) is 10.4. The van der Waals surface area contributed by atoms with Gasteiger partial charge >= 0.3 is 0 Å². The number of hydrogen-bond donors (Lipinski definition) is 2. The molecule has 0 atom stereocenters. The number of amides is 1. The van der Waals surface area contributed by atoms with E-state index < -0.39 is 0 Å². The van der Waals surface area contributed by atoms with E-state index in [2.05, 4.69) is 41.0 Å². The fourth-order valence-corrected chi connectivity index (χ4v) is 5.27. The first kappa shape index (κ1) is 20.3. The second-order valence-electron chi connectivity index (χ2n) is 7.53. The molecule has 2 N–H and O–H groups in total. The molecular weight excluding hydrogens is 390 g/mol. The molecule has 4 nitrogen and oxygen atoms in total. The summed E-state index contributed by atoms with van der Waals surface area (Å²) < 4.78 is 0. The van der Waals surface area contributed by atoms with Crippen molar-refractivity contribution in [1.82, 2.24) is 5.32 Å². The van der Waals surface area contributed by atoms with Gasteiger partial charge in [-0.2, -0.15) is 5.26 Å². The molecule has 1 aromatic heterocycles. The molecule has 0 bridgehead atoms. The minimum Gasteiger partial charge on any atom is -0.317 e. The van der Waals surface area contributed by atoms with Gasteiger partial charge in [-0.15, -0.1) is 11.3 Å². The zero-order valence-corrected chi connectivity index (χ0v) is 17.7. The fraction of sp³-hybridized carbons (Fsp3) is 0.280.